The standard InChI is InChI=1S/C11H8ClN5O/c12-8-3-1-2-4-9(8)15-11(18)16-10-7(5-13)6-14-17-10/h1-4,6H,(H3,14,15,16,17,18). The summed E-state index contributed by atoms with van der Waals surface area (Å²) in [7, 11) is 0. The number of urea groups is 1. The van der Waals surface area contributed by atoms with Gasteiger partial charge < -0.3 is 5.32 Å². The summed E-state index contributed by atoms with van der Waals surface area (Å²) in [4.78, 5) is 11.7. The number of H-pyrrole nitrogens is 1. The van der Waals surface area contributed by atoms with Crippen LogP contribution >= 0.6 is 11.6 Å². The van der Waals surface area contributed by atoms with Crippen molar-refractivity contribution in [3.63, 3.8) is 0 Å². The van der Waals surface area contributed by atoms with Gasteiger partial charge in [-0.3, -0.25) is 10.4 Å². The third-order valence-corrected chi connectivity index (χ3v) is 2.45. The molecule has 0 spiro atoms. The van der Waals surface area contributed by atoms with Gasteiger partial charge in [0.15, 0.2) is 0 Å². The maximum Gasteiger partial charge on any atom is 0.324 e. The molecule has 0 unspecified atom stereocenters. The molecule has 0 aliphatic rings. The molecular formula is C11H8ClN5O. The summed E-state index contributed by atoms with van der Waals surface area (Å²) in [5.74, 6) is 0.238. The van der Waals surface area contributed by atoms with Crippen molar-refractivity contribution in [2.24, 2.45) is 0 Å². The molecule has 0 saturated carbocycles. The summed E-state index contributed by atoms with van der Waals surface area (Å²) in [6.45, 7) is 0. The van der Waals surface area contributed by atoms with Gasteiger partial charge >= 0.3 is 6.03 Å². The lowest BCUT2D eigenvalue weighted by atomic mass is 10.3. The summed E-state index contributed by atoms with van der Waals surface area (Å²) in [5, 5.41) is 20.4. The van der Waals surface area contributed by atoms with Gasteiger partial charge in [-0.15, -0.1) is 0 Å². The molecular weight excluding hydrogens is 254 g/mol. The van der Waals surface area contributed by atoms with Crippen molar-refractivity contribution in [3.8, 4) is 6.07 Å². The van der Waals surface area contributed by atoms with E-state index in [0.29, 0.717) is 10.7 Å². The number of halogens is 1. The van der Waals surface area contributed by atoms with Gasteiger partial charge in [-0.25, -0.2) is 4.79 Å². The molecule has 0 bridgehead atoms. The van der Waals surface area contributed by atoms with E-state index < -0.39 is 6.03 Å². The molecule has 18 heavy (non-hydrogen) atoms. The lowest BCUT2D eigenvalue weighted by Gasteiger charge is -2.07. The maximum atomic E-state index is 11.7. The van der Waals surface area contributed by atoms with Crippen LogP contribution in [0.3, 0.4) is 0 Å². The van der Waals surface area contributed by atoms with Crippen molar-refractivity contribution in [3.05, 3.63) is 41.0 Å². The van der Waals surface area contributed by atoms with Crippen molar-refractivity contribution in [2.75, 3.05) is 10.6 Å². The van der Waals surface area contributed by atoms with Crippen LogP contribution in [0, 0.1) is 11.3 Å². The number of hydrogen-bond acceptors (Lipinski definition) is 3. The van der Waals surface area contributed by atoms with Crippen molar-refractivity contribution < 1.29 is 4.79 Å². The second kappa shape index (κ2) is 5.21. The van der Waals surface area contributed by atoms with Crippen molar-refractivity contribution in [1.82, 2.24) is 10.2 Å². The van der Waals surface area contributed by atoms with Crippen molar-refractivity contribution in [1.29, 1.82) is 5.26 Å². The highest BCUT2D eigenvalue weighted by molar-refractivity contribution is 6.33. The van der Waals surface area contributed by atoms with E-state index in [0.717, 1.165) is 0 Å². The normalized spacial score (nSPS) is 9.56. The first kappa shape index (κ1) is 12.0. The number of carbonyl (C=O) groups is 1. The van der Waals surface area contributed by atoms with E-state index in [-0.39, 0.29) is 11.4 Å². The maximum absolute atomic E-state index is 11.7. The first-order valence-corrected chi connectivity index (χ1v) is 5.34. The van der Waals surface area contributed by atoms with E-state index >= 15 is 0 Å². The minimum Gasteiger partial charge on any atom is -0.306 e. The van der Waals surface area contributed by atoms with E-state index in [1.54, 1.807) is 24.3 Å². The van der Waals surface area contributed by atoms with Crippen LogP contribution in [0.5, 0.6) is 0 Å². The Bertz CT molecular complexity index is 610. The number of hydrogen-bond donors (Lipinski definition) is 3. The molecule has 90 valence electrons. The number of amides is 2. The predicted octanol–water partition coefficient (Wildman–Crippen LogP) is 2.58. The molecule has 3 N–H and O–H groups in total. The Hall–Kier alpha value is -2.52. The molecule has 0 fully saturated rings. The van der Waals surface area contributed by atoms with E-state index in [1.807, 2.05) is 6.07 Å². The molecule has 0 radical (unpaired) electrons. The third-order valence-electron chi connectivity index (χ3n) is 2.12. The third kappa shape index (κ3) is 2.59. The van der Waals surface area contributed by atoms with Gasteiger partial charge in [0.1, 0.15) is 17.5 Å². The Labute approximate surface area is 108 Å². The Kier molecular flexibility index (Phi) is 3.46. The van der Waals surface area contributed by atoms with Gasteiger partial charge in [0, 0.05) is 0 Å². The largest absolute Gasteiger partial charge is 0.324 e. The van der Waals surface area contributed by atoms with Crippen LogP contribution < -0.4 is 10.6 Å². The van der Waals surface area contributed by atoms with Crippen molar-refractivity contribution >= 4 is 29.1 Å². The van der Waals surface area contributed by atoms with Gasteiger partial charge in [-0.05, 0) is 12.1 Å². The Morgan fingerprint density at radius 3 is 2.89 bits per heavy atom. The minimum atomic E-state index is -0.510. The van der Waals surface area contributed by atoms with Gasteiger partial charge in [0.25, 0.3) is 0 Å². The number of nitriles is 1. The fraction of sp³-hybridized carbons (Fsp3) is 0. The molecule has 2 rings (SSSR count). The lowest BCUT2D eigenvalue weighted by Crippen LogP contribution is -2.20. The molecule has 0 atom stereocenters. The molecule has 1 aromatic carbocycles. The number of nitrogens with zero attached hydrogens (tertiary/aromatic N) is 2. The quantitative estimate of drug-likeness (QED) is 0.775. The Balaban J connectivity index is 2.06. The minimum absolute atomic E-state index is 0.238. The smallest absolute Gasteiger partial charge is 0.306 e. The zero-order valence-corrected chi connectivity index (χ0v) is 9.82. The zero-order valence-electron chi connectivity index (χ0n) is 9.07. The molecule has 6 nitrogen and oxygen atoms in total. The molecule has 2 aromatic rings. The second-order valence-electron chi connectivity index (χ2n) is 3.33. The number of carbonyl (C=O) groups excluding carboxylic acids is 1. The van der Waals surface area contributed by atoms with E-state index in [9.17, 15) is 4.79 Å². The molecule has 0 aliphatic carbocycles. The highest BCUT2D eigenvalue weighted by Gasteiger charge is 2.09. The van der Waals surface area contributed by atoms with E-state index in [4.69, 9.17) is 16.9 Å². The van der Waals surface area contributed by atoms with Gasteiger partial charge in [-0.1, -0.05) is 23.7 Å². The number of nitrogens with one attached hydrogen (secondary N) is 3. The Morgan fingerprint density at radius 2 is 2.17 bits per heavy atom. The van der Waals surface area contributed by atoms with Crippen molar-refractivity contribution in [2.45, 2.75) is 0 Å². The van der Waals surface area contributed by atoms with Crippen LogP contribution in [-0.4, -0.2) is 16.2 Å². The number of aromatic amines is 1. The van der Waals surface area contributed by atoms with Crippen LogP contribution in [-0.2, 0) is 0 Å². The number of para-hydroxylation sites is 1. The van der Waals surface area contributed by atoms with Crippen LogP contribution in [0.4, 0.5) is 16.3 Å². The summed E-state index contributed by atoms with van der Waals surface area (Å²) in [6.07, 6.45) is 1.32. The fourth-order valence-corrected chi connectivity index (χ4v) is 1.48. The summed E-state index contributed by atoms with van der Waals surface area (Å²) < 4.78 is 0. The molecule has 1 aromatic heterocycles. The zero-order chi connectivity index (χ0) is 13.0. The first-order chi connectivity index (χ1) is 8.70. The van der Waals surface area contributed by atoms with Crippen LogP contribution in [0.15, 0.2) is 30.5 Å². The first-order valence-electron chi connectivity index (χ1n) is 4.96. The molecule has 0 saturated heterocycles. The number of rotatable bonds is 2. The summed E-state index contributed by atoms with van der Waals surface area (Å²) in [5.41, 5.74) is 0.735. The fourth-order valence-electron chi connectivity index (χ4n) is 1.30. The number of anilines is 2. The van der Waals surface area contributed by atoms with Crippen LogP contribution in [0.25, 0.3) is 0 Å². The van der Waals surface area contributed by atoms with Crippen LogP contribution in [0.2, 0.25) is 5.02 Å². The monoisotopic (exact) mass is 261 g/mol. The van der Waals surface area contributed by atoms with Gasteiger partial charge in [-0.2, -0.15) is 10.4 Å². The van der Waals surface area contributed by atoms with Crippen LogP contribution in [0.1, 0.15) is 5.56 Å². The lowest BCUT2D eigenvalue weighted by molar-refractivity contribution is 0.262. The topological polar surface area (TPSA) is 93.6 Å². The molecule has 0 aliphatic heterocycles. The van der Waals surface area contributed by atoms with Gasteiger partial charge in [0.2, 0.25) is 0 Å². The number of benzene rings is 1. The summed E-state index contributed by atoms with van der Waals surface area (Å²) in [6, 6.07) is 8.22. The SMILES string of the molecule is N#Cc1cn[nH]c1NC(=O)Nc1ccccc1Cl. The molecule has 2 amide bonds. The summed E-state index contributed by atoms with van der Waals surface area (Å²) >= 11 is 5.89. The highest BCUT2D eigenvalue weighted by atomic mass is 35.5. The molecule has 7 heteroatoms. The highest BCUT2D eigenvalue weighted by Crippen LogP contribution is 2.20. The average molecular weight is 262 g/mol. The second-order valence-corrected chi connectivity index (χ2v) is 3.74. The molecule has 1 heterocycles. The Morgan fingerprint density at radius 1 is 1.39 bits per heavy atom. The van der Waals surface area contributed by atoms with E-state index in [1.165, 1.54) is 6.20 Å². The van der Waals surface area contributed by atoms with E-state index in [2.05, 4.69) is 20.8 Å². The average Bonchev–Trinajstić information content (AvgIpc) is 2.79. The van der Waals surface area contributed by atoms with Gasteiger partial charge in [0.05, 0.1) is 16.9 Å². The number of aromatic nitrogens is 2. The predicted molar refractivity (Wildman–Crippen MR) is 67.4 cm³/mol.